The van der Waals surface area contributed by atoms with Crippen LogP contribution in [0.25, 0.3) is 15.9 Å². The first kappa shape index (κ1) is 15.3. The number of thioether (sulfide) groups is 1. The molecule has 0 aliphatic heterocycles. The minimum atomic E-state index is -0.212. The van der Waals surface area contributed by atoms with E-state index in [1.54, 1.807) is 35.2 Å². The molecule has 4 nitrogen and oxygen atoms in total. The lowest BCUT2D eigenvalue weighted by Crippen LogP contribution is -1.99. The second-order valence-corrected chi connectivity index (χ2v) is 8.25. The quantitative estimate of drug-likeness (QED) is 0.492. The summed E-state index contributed by atoms with van der Waals surface area (Å²) in [5.74, 6) is 0.511. The van der Waals surface area contributed by atoms with Crippen LogP contribution in [-0.4, -0.2) is 19.6 Å². The Morgan fingerprint density at radius 1 is 1.12 bits per heavy atom. The van der Waals surface area contributed by atoms with Gasteiger partial charge >= 0.3 is 0 Å². The lowest BCUT2D eigenvalue weighted by Gasteiger charge is -2.10. The molecule has 0 N–H and O–H groups in total. The highest BCUT2D eigenvalue weighted by Crippen LogP contribution is 2.37. The Hall–Kier alpha value is -1.99. The van der Waals surface area contributed by atoms with E-state index in [9.17, 15) is 4.39 Å². The van der Waals surface area contributed by atoms with Gasteiger partial charge in [-0.2, -0.15) is 0 Å². The number of aromatic nitrogens is 4. The van der Waals surface area contributed by atoms with Gasteiger partial charge < -0.3 is 0 Å². The maximum Gasteiger partial charge on any atom is 0.197 e. The summed E-state index contributed by atoms with van der Waals surface area (Å²) in [6.07, 6.45) is 6.60. The van der Waals surface area contributed by atoms with Crippen molar-refractivity contribution < 1.29 is 4.39 Å². The molecule has 4 aromatic rings. The average molecular weight is 370 g/mol. The zero-order chi connectivity index (χ0) is 16.8. The summed E-state index contributed by atoms with van der Waals surface area (Å²) in [7, 11) is 0. The molecule has 0 amide bonds. The van der Waals surface area contributed by atoms with Crippen LogP contribution in [0.4, 0.5) is 4.39 Å². The van der Waals surface area contributed by atoms with E-state index in [-0.39, 0.29) is 5.82 Å². The topological polar surface area (TPSA) is 43.1 Å². The van der Waals surface area contributed by atoms with E-state index in [0.717, 1.165) is 39.8 Å². The first-order valence-corrected chi connectivity index (χ1v) is 10.1. The smallest absolute Gasteiger partial charge is 0.197 e. The van der Waals surface area contributed by atoms with Crippen LogP contribution in [0.2, 0.25) is 0 Å². The molecule has 3 aromatic heterocycles. The van der Waals surface area contributed by atoms with Crippen LogP contribution in [0.1, 0.15) is 28.8 Å². The second kappa shape index (κ2) is 6.07. The van der Waals surface area contributed by atoms with Crippen molar-refractivity contribution in [3.63, 3.8) is 0 Å². The lowest BCUT2D eigenvalue weighted by atomic mass is 9.97. The molecule has 1 aliphatic rings. The molecule has 1 aliphatic carbocycles. The van der Waals surface area contributed by atoms with Crippen molar-refractivity contribution in [1.29, 1.82) is 0 Å². The van der Waals surface area contributed by atoms with Gasteiger partial charge in [-0.3, -0.25) is 4.40 Å². The van der Waals surface area contributed by atoms with Crippen LogP contribution in [0.3, 0.4) is 0 Å². The van der Waals surface area contributed by atoms with Gasteiger partial charge in [-0.15, -0.1) is 21.5 Å². The maximum atomic E-state index is 13.0. The standard InChI is InChI=1S/C18H15FN4S2/c19-12-7-5-11(6-8-12)9-24-18-22-21-16-15-13-3-1-2-4-14(13)25-17(15)20-10-23(16)18/h5-8,10H,1-4,9H2. The van der Waals surface area contributed by atoms with Crippen molar-refractivity contribution in [2.75, 3.05) is 0 Å². The molecule has 0 unspecified atom stereocenters. The molecule has 0 radical (unpaired) electrons. The van der Waals surface area contributed by atoms with Crippen LogP contribution >= 0.6 is 23.1 Å². The van der Waals surface area contributed by atoms with Gasteiger partial charge in [0.1, 0.15) is 17.0 Å². The van der Waals surface area contributed by atoms with Crippen molar-refractivity contribution in [2.24, 2.45) is 0 Å². The zero-order valence-corrected chi connectivity index (χ0v) is 15.0. The fourth-order valence-corrected chi connectivity index (χ4v) is 5.44. The molecule has 0 saturated carbocycles. The van der Waals surface area contributed by atoms with E-state index in [2.05, 4.69) is 15.2 Å². The summed E-state index contributed by atoms with van der Waals surface area (Å²) in [5.41, 5.74) is 3.39. The molecule has 5 rings (SSSR count). The van der Waals surface area contributed by atoms with Crippen molar-refractivity contribution >= 4 is 39.0 Å². The van der Waals surface area contributed by atoms with Gasteiger partial charge in [0.05, 0.1) is 5.39 Å². The Balaban J connectivity index is 1.53. The van der Waals surface area contributed by atoms with Gasteiger partial charge in [0.2, 0.25) is 0 Å². The van der Waals surface area contributed by atoms with Gasteiger partial charge in [0.25, 0.3) is 0 Å². The molecule has 0 bridgehead atoms. The molecule has 0 saturated heterocycles. The first-order chi connectivity index (χ1) is 12.3. The summed E-state index contributed by atoms with van der Waals surface area (Å²) >= 11 is 3.40. The van der Waals surface area contributed by atoms with E-state index < -0.39 is 0 Å². The Labute approximate surface area is 152 Å². The number of hydrogen-bond donors (Lipinski definition) is 0. The van der Waals surface area contributed by atoms with Crippen molar-refractivity contribution in [2.45, 2.75) is 36.6 Å². The molecule has 126 valence electrons. The summed E-state index contributed by atoms with van der Waals surface area (Å²) < 4.78 is 15.0. The zero-order valence-electron chi connectivity index (χ0n) is 13.4. The lowest BCUT2D eigenvalue weighted by molar-refractivity contribution is 0.627. The SMILES string of the molecule is Fc1ccc(CSc2nnc3c4c5c(sc4ncn23)CCCC5)cc1. The van der Waals surface area contributed by atoms with Crippen LogP contribution in [0.15, 0.2) is 35.7 Å². The van der Waals surface area contributed by atoms with Crippen molar-refractivity contribution in [3.05, 3.63) is 52.4 Å². The Kier molecular flexibility index (Phi) is 3.71. The molecular weight excluding hydrogens is 355 g/mol. The van der Waals surface area contributed by atoms with Crippen LogP contribution in [0.5, 0.6) is 0 Å². The molecule has 0 atom stereocenters. The molecule has 3 heterocycles. The number of rotatable bonds is 3. The Bertz CT molecular complexity index is 1070. The van der Waals surface area contributed by atoms with Gasteiger partial charge in [-0.05, 0) is 48.9 Å². The summed E-state index contributed by atoms with van der Waals surface area (Å²) in [5, 5.41) is 10.8. The third-order valence-corrected chi connectivity index (χ3v) is 6.83. The Morgan fingerprint density at radius 3 is 2.84 bits per heavy atom. The highest BCUT2D eigenvalue weighted by atomic mass is 32.2. The summed E-state index contributed by atoms with van der Waals surface area (Å²) in [6, 6.07) is 6.58. The van der Waals surface area contributed by atoms with Gasteiger partial charge in [-0.25, -0.2) is 9.37 Å². The molecule has 25 heavy (non-hydrogen) atoms. The van der Waals surface area contributed by atoms with Crippen LogP contribution in [-0.2, 0) is 18.6 Å². The number of hydrogen-bond acceptors (Lipinski definition) is 5. The number of fused-ring (bicyclic) bond motifs is 5. The third kappa shape index (κ3) is 2.62. The number of nitrogens with zero attached hydrogens (tertiary/aromatic N) is 4. The fraction of sp³-hybridized carbons (Fsp3) is 0.278. The van der Waals surface area contributed by atoms with Crippen LogP contribution < -0.4 is 0 Å². The van der Waals surface area contributed by atoms with Gasteiger partial charge in [0, 0.05) is 10.6 Å². The van der Waals surface area contributed by atoms with E-state index in [4.69, 9.17) is 0 Å². The Morgan fingerprint density at radius 2 is 1.96 bits per heavy atom. The number of halogens is 1. The minimum Gasteiger partial charge on any atom is -0.260 e. The van der Waals surface area contributed by atoms with Gasteiger partial charge in [-0.1, -0.05) is 23.9 Å². The van der Waals surface area contributed by atoms with E-state index in [1.807, 2.05) is 10.7 Å². The van der Waals surface area contributed by atoms with Gasteiger partial charge in [0.15, 0.2) is 10.8 Å². The van der Waals surface area contributed by atoms with Crippen molar-refractivity contribution in [3.8, 4) is 0 Å². The summed E-state index contributed by atoms with van der Waals surface area (Å²) in [4.78, 5) is 7.19. The molecule has 1 aromatic carbocycles. The predicted octanol–water partition coefficient (Wildman–Crippen LogP) is 4.65. The normalized spacial score (nSPS) is 14.3. The van der Waals surface area contributed by atoms with E-state index >= 15 is 0 Å². The third-order valence-electron chi connectivity index (χ3n) is 4.61. The number of aryl methyl sites for hydroxylation is 2. The van der Waals surface area contributed by atoms with E-state index in [0.29, 0.717) is 0 Å². The number of thiophene rings is 1. The monoisotopic (exact) mass is 370 g/mol. The highest BCUT2D eigenvalue weighted by Gasteiger charge is 2.21. The summed E-state index contributed by atoms with van der Waals surface area (Å²) in [6.45, 7) is 0. The van der Waals surface area contributed by atoms with E-state index in [1.165, 1.54) is 40.8 Å². The minimum absolute atomic E-state index is 0.212. The largest absolute Gasteiger partial charge is 0.260 e. The second-order valence-electron chi connectivity index (χ2n) is 6.23. The first-order valence-electron chi connectivity index (χ1n) is 8.31. The maximum absolute atomic E-state index is 13.0. The highest BCUT2D eigenvalue weighted by molar-refractivity contribution is 7.98. The molecule has 0 spiro atoms. The molecular formula is C18H15FN4S2. The van der Waals surface area contributed by atoms with Crippen LogP contribution in [0, 0.1) is 5.82 Å². The fourth-order valence-electron chi connectivity index (χ4n) is 3.36. The average Bonchev–Trinajstić information content (AvgIpc) is 3.21. The molecule has 0 fully saturated rings. The number of benzene rings is 1. The predicted molar refractivity (Wildman–Crippen MR) is 98.8 cm³/mol. The molecule has 7 heteroatoms. The van der Waals surface area contributed by atoms with Crippen molar-refractivity contribution in [1.82, 2.24) is 19.6 Å².